The van der Waals surface area contributed by atoms with Gasteiger partial charge in [-0.15, -0.1) is 0 Å². The first-order valence-electron chi connectivity index (χ1n) is 6.33. The van der Waals surface area contributed by atoms with Crippen LogP contribution in [0.15, 0.2) is 0 Å². The van der Waals surface area contributed by atoms with Crippen molar-refractivity contribution in [3.63, 3.8) is 0 Å². The first-order chi connectivity index (χ1) is 8.53. The molecule has 104 valence electrons. The Morgan fingerprint density at radius 2 is 2.11 bits per heavy atom. The van der Waals surface area contributed by atoms with Gasteiger partial charge in [0.15, 0.2) is 0 Å². The van der Waals surface area contributed by atoms with Gasteiger partial charge in [0.2, 0.25) is 0 Å². The lowest BCUT2D eigenvalue weighted by Crippen LogP contribution is -2.50. The third-order valence-electron chi connectivity index (χ3n) is 3.37. The molecule has 0 aromatic heterocycles. The molecule has 0 saturated heterocycles. The molecule has 1 fully saturated rings. The number of nitrogens with one attached hydrogen (secondary N) is 1. The number of hydrogen-bond donors (Lipinski definition) is 2. The number of amides is 2. The Morgan fingerprint density at radius 3 is 2.50 bits per heavy atom. The fourth-order valence-corrected chi connectivity index (χ4v) is 2.97. The van der Waals surface area contributed by atoms with E-state index in [1.165, 1.54) is 11.3 Å². The molecule has 6 heteroatoms. The van der Waals surface area contributed by atoms with Crippen molar-refractivity contribution in [2.75, 3.05) is 25.9 Å². The number of nitrogens with zero attached hydrogens (tertiary/aromatic N) is 1. The van der Waals surface area contributed by atoms with Crippen LogP contribution in [0.3, 0.4) is 0 Å². The molecule has 0 unspecified atom stereocenters. The van der Waals surface area contributed by atoms with Crippen molar-refractivity contribution in [3.05, 3.63) is 0 Å². The van der Waals surface area contributed by atoms with Gasteiger partial charge in [-0.25, -0.2) is 4.79 Å². The lowest BCUT2D eigenvalue weighted by Gasteiger charge is -2.40. The van der Waals surface area contributed by atoms with E-state index in [1.807, 2.05) is 6.92 Å². The van der Waals surface area contributed by atoms with E-state index in [-0.39, 0.29) is 17.3 Å². The number of urea groups is 1. The summed E-state index contributed by atoms with van der Waals surface area (Å²) in [5.41, 5.74) is 0. The lowest BCUT2D eigenvalue weighted by molar-refractivity contribution is -0.137. The Morgan fingerprint density at radius 1 is 1.44 bits per heavy atom. The van der Waals surface area contributed by atoms with Crippen molar-refractivity contribution in [1.82, 2.24) is 10.2 Å². The second-order valence-electron chi connectivity index (χ2n) is 4.71. The molecule has 0 bridgehead atoms. The number of thioether (sulfide) groups is 1. The minimum atomic E-state index is -0.971. The largest absolute Gasteiger partial charge is 0.480 e. The maximum Gasteiger partial charge on any atom is 0.323 e. The Labute approximate surface area is 112 Å². The van der Waals surface area contributed by atoms with Gasteiger partial charge in [-0.1, -0.05) is 13.3 Å². The second-order valence-corrected chi connectivity index (χ2v) is 5.99. The zero-order valence-corrected chi connectivity index (χ0v) is 11.9. The van der Waals surface area contributed by atoms with Gasteiger partial charge in [0, 0.05) is 17.8 Å². The molecule has 1 aliphatic rings. The number of carboxylic acid groups (broad SMARTS) is 1. The van der Waals surface area contributed by atoms with Crippen LogP contribution in [0.5, 0.6) is 0 Å². The molecule has 0 aromatic rings. The number of rotatable bonds is 7. The smallest absolute Gasteiger partial charge is 0.323 e. The van der Waals surface area contributed by atoms with Gasteiger partial charge in [-0.3, -0.25) is 4.79 Å². The summed E-state index contributed by atoms with van der Waals surface area (Å²) in [5.74, 6) is -0.971. The maximum absolute atomic E-state index is 11.9. The number of carboxylic acids is 1. The maximum atomic E-state index is 11.9. The van der Waals surface area contributed by atoms with Crippen LogP contribution in [-0.4, -0.2) is 52.6 Å². The quantitative estimate of drug-likeness (QED) is 0.742. The molecule has 0 aliphatic heterocycles. The predicted octanol–water partition coefficient (Wildman–Crippen LogP) is 1.78. The highest BCUT2D eigenvalue weighted by atomic mass is 32.2. The van der Waals surface area contributed by atoms with Crippen LogP contribution in [0.2, 0.25) is 0 Å². The van der Waals surface area contributed by atoms with Crippen molar-refractivity contribution in [2.24, 2.45) is 0 Å². The van der Waals surface area contributed by atoms with Crippen molar-refractivity contribution in [3.8, 4) is 0 Å². The van der Waals surface area contributed by atoms with Crippen LogP contribution in [0.4, 0.5) is 4.79 Å². The Kier molecular flexibility index (Phi) is 5.78. The topological polar surface area (TPSA) is 69.6 Å². The summed E-state index contributed by atoms with van der Waals surface area (Å²) in [6, 6.07) is -0.264. The number of carbonyl (C=O) groups excluding carboxylic acids is 1. The molecule has 18 heavy (non-hydrogen) atoms. The third-order valence-corrected chi connectivity index (χ3v) is 4.79. The van der Waals surface area contributed by atoms with Gasteiger partial charge >= 0.3 is 12.0 Å². The van der Waals surface area contributed by atoms with Gasteiger partial charge in [0.05, 0.1) is 0 Å². The molecule has 0 atom stereocenters. The fourth-order valence-electron chi connectivity index (χ4n) is 2.06. The van der Waals surface area contributed by atoms with Crippen molar-refractivity contribution in [2.45, 2.75) is 37.4 Å². The zero-order valence-electron chi connectivity index (χ0n) is 11.1. The highest BCUT2D eigenvalue weighted by molar-refractivity contribution is 8.00. The second kappa shape index (κ2) is 6.87. The third kappa shape index (κ3) is 4.08. The van der Waals surface area contributed by atoms with Crippen LogP contribution < -0.4 is 5.32 Å². The van der Waals surface area contributed by atoms with Crippen LogP contribution in [-0.2, 0) is 4.79 Å². The Balaban J connectivity index is 2.43. The summed E-state index contributed by atoms with van der Waals surface area (Å²) in [4.78, 5) is 24.0. The SMILES string of the molecule is CCCN(CC(=O)O)C(=O)NCC1(SC)CCC1. The molecule has 1 rings (SSSR count). The van der Waals surface area contributed by atoms with Crippen LogP contribution in [0.1, 0.15) is 32.6 Å². The highest BCUT2D eigenvalue weighted by Gasteiger charge is 2.36. The normalized spacial score (nSPS) is 16.8. The fraction of sp³-hybridized carbons (Fsp3) is 0.833. The number of hydrogen-bond acceptors (Lipinski definition) is 3. The van der Waals surface area contributed by atoms with E-state index in [0.717, 1.165) is 19.3 Å². The molecular weight excluding hydrogens is 252 g/mol. The lowest BCUT2D eigenvalue weighted by atomic mass is 9.84. The zero-order chi connectivity index (χ0) is 13.6. The molecule has 1 saturated carbocycles. The van der Waals surface area contributed by atoms with Gasteiger partial charge in [-0.05, 0) is 25.5 Å². The van der Waals surface area contributed by atoms with E-state index in [9.17, 15) is 9.59 Å². The summed E-state index contributed by atoms with van der Waals surface area (Å²) in [7, 11) is 0. The van der Waals surface area contributed by atoms with E-state index in [4.69, 9.17) is 5.11 Å². The summed E-state index contributed by atoms with van der Waals surface area (Å²) in [5, 5.41) is 11.6. The minimum Gasteiger partial charge on any atom is -0.480 e. The van der Waals surface area contributed by atoms with Gasteiger partial charge < -0.3 is 15.3 Å². The summed E-state index contributed by atoms with van der Waals surface area (Å²) in [6.07, 6.45) is 6.29. The van der Waals surface area contributed by atoms with Gasteiger partial charge in [0.1, 0.15) is 6.54 Å². The standard InChI is InChI=1S/C12H22N2O3S/c1-3-7-14(8-10(15)16)11(17)13-9-12(18-2)5-4-6-12/h3-9H2,1-2H3,(H,13,17)(H,15,16). The van der Waals surface area contributed by atoms with E-state index in [0.29, 0.717) is 13.1 Å². The molecule has 5 nitrogen and oxygen atoms in total. The minimum absolute atomic E-state index is 0.177. The Hall–Kier alpha value is -0.910. The van der Waals surface area contributed by atoms with Crippen molar-refractivity contribution in [1.29, 1.82) is 0 Å². The Bertz CT molecular complexity index is 300. The number of aliphatic carboxylic acids is 1. The molecule has 2 amide bonds. The number of carbonyl (C=O) groups is 2. The molecule has 0 spiro atoms. The molecule has 0 radical (unpaired) electrons. The average molecular weight is 274 g/mol. The summed E-state index contributed by atoms with van der Waals surface area (Å²) in [6.45, 7) is 2.81. The average Bonchev–Trinajstić information content (AvgIpc) is 2.27. The molecule has 0 aromatic carbocycles. The van der Waals surface area contributed by atoms with Gasteiger partial charge in [-0.2, -0.15) is 11.8 Å². The highest BCUT2D eigenvalue weighted by Crippen LogP contribution is 2.42. The molecule has 0 heterocycles. The molecular formula is C12H22N2O3S. The van der Waals surface area contributed by atoms with E-state index >= 15 is 0 Å². The van der Waals surface area contributed by atoms with Crippen LogP contribution >= 0.6 is 11.8 Å². The monoisotopic (exact) mass is 274 g/mol. The first kappa shape index (κ1) is 15.1. The van der Waals surface area contributed by atoms with E-state index in [2.05, 4.69) is 11.6 Å². The van der Waals surface area contributed by atoms with E-state index in [1.54, 1.807) is 11.8 Å². The summed E-state index contributed by atoms with van der Waals surface area (Å²) < 4.78 is 0.177. The van der Waals surface area contributed by atoms with E-state index < -0.39 is 5.97 Å². The van der Waals surface area contributed by atoms with Crippen LogP contribution in [0, 0.1) is 0 Å². The van der Waals surface area contributed by atoms with Gasteiger partial charge in [0.25, 0.3) is 0 Å². The van der Waals surface area contributed by atoms with Crippen LogP contribution in [0.25, 0.3) is 0 Å². The predicted molar refractivity (Wildman–Crippen MR) is 73.0 cm³/mol. The van der Waals surface area contributed by atoms with Crippen molar-refractivity contribution >= 4 is 23.8 Å². The molecule has 1 aliphatic carbocycles. The van der Waals surface area contributed by atoms with Crippen molar-refractivity contribution < 1.29 is 14.7 Å². The first-order valence-corrected chi connectivity index (χ1v) is 7.55. The summed E-state index contributed by atoms with van der Waals surface area (Å²) >= 11 is 1.79. The molecule has 2 N–H and O–H groups in total.